The minimum absolute atomic E-state index is 0.147. The maximum Gasteiger partial charge on any atom is 0.325 e. The minimum atomic E-state index is -3.55. The van der Waals surface area contributed by atoms with E-state index in [1.54, 1.807) is 19.1 Å². The molecule has 1 atom stereocenters. The van der Waals surface area contributed by atoms with E-state index in [2.05, 4.69) is 15.6 Å². The molecule has 2 aromatic rings. The van der Waals surface area contributed by atoms with E-state index >= 15 is 0 Å². The molecule has 10 heteroatoms. The van der Waals surface area contributed by atoms with Crippen molar-refractivity contribution in [1.29, 1.82) is 0 Å². The number of aryl methyl sites for hydroxylation is 2. The van der Waals surface area contributed by atoms with Gasteiger partial charge >= 0.3 is 6.03 Å². The molecule has 1 aromatic heterocycles. The first kappa shape index (κ1) is 24.2. The largest absolute Gasteiger partial charge is 0.325 e. The third-order valence-electron chi connectivity index (χ3n) is 5.20. The van der Waals surface area contributed by atoms with Crippen LogP contribution in [0.4, 0.5) is 10.5 Å². The summed E-state index contributed by atoms with van der Waals surface area (Å²) >= 11 is 1.15. The Morgan fingerprint density at radius 1 is 1.09 bits per heavy atom. The molecule has 32 heavy (non-hydrogen) atoms. The summed E-state index contributed by atoms with van der Waals surface area (Å²) in [7, 11) is -3.55. The van der Waals surface area contributed by atoms with Gasteiger partial charge in [-0.2, -0.15) is 4.31 Å². The number of benzene rings is 1. The van der Waals surface area contributed by atoms with Crippen molar-refractivity contribution in [3.8, 4) is 0 Å². The Balaban J connectivity index is 1.56. The zero-order chi connectivity index (χ0) is 23.3. The molecule has 1 aliphatic rings. The maximum absolute atomic E-state index is 12.7. The number of imide groups is 1. The molecule has 8 nitrogen and oxygen atoms in total. The summed E-state index contributed by atoms with van der Waals surface area (Å²) in [4.78, 5) is 28.9. The lowest BCUT2D eigenvalue weighted by Crippen LogP contribution is -2.39. The molecule has 2 N–H and O–H groups in total. The molecule has 0 bridgehead atoms. The predicted octanol–water partition coefficient (Wildman–Crippen LogP) is 3.70. The number of rotatable bonds is 6. The normalized spacial score (nSPS) is 15.7. The van der Waals surface area contributed by atoms with Crippen LogP contribution in [0.2, 0.25) is 0 Å². The summed E-state index contributed by atoms with van der Waals surface area (Å²) in [6, 6.07) is 8.10. The average Bonchev–Trinajstić information content (AvgIpc) is 2.76. The Morgan fingerprint density at radius 3 is 2.44 bits per heavy atom. The Hall–Kier alpha value is -2.43. The Morgan fingerprint density at radius 2 is 1.81 bits per heavy atom. The van der Waals surface area contributed by atoms with Gasteiger partial charge in [-0.25, -0.2) is 18.2 Å². The van der Waals surface area contributed by atoms with Crippen LogP contribution < -0.4 is 10.6 Å². The van der Waals surface area contributed by atoms with Crippen molar-refractivity contribution in [1.82, 2.24) is 14.6 Å². The molecule has 172 valence electrons. The Labute approximate surface area is 193 Å². The van der Waals surface area contributed by atoms with Crippen molar-refractivity contribution in [3.05, 3.63) is 47.7 Å². The number of anilines is 1. The van der Waals surface area contributed by atoms with Gasteiger partial charge in [0.2, 0.25) is 15.9 Å². The van der Waals surface area contributed by atoms with E-state index in [1.165, 1.54) is 16.6 Å². The third-order valence-corrected chi connectivity index (χ3v) is 8.13. The van der Waals surface area contributed by atoms with Gasteiger partial charge in [-0.3, -0.25) is 10.1 Å². The molecule has 3 rings (SSSR count). The fraction of sp³-hybridized carbons (Fsp3) is 0.409. The Kier molecular flexibility index (Phi) is 7.91. The summed E-state index contributed by atoms with van der Waals surface area (Å²) in [5.74, 6) is -0.468. The van der Waals surface area contributed by atoms with Crippen LogP contribution in [0.15, 0.2) is 46.5 Å². The van der Waals surface area contributed by atoms with Crippen LogP contribution in [0.3, 0.4) is 0 Å². The van der Waals surface area contributed by atoms with Crippen molar-refractivity contribution in [2.45, 2.75) is 55.2 Å². The fourth-order valence-corrected chi connectivity index (χ4v) is 5.65. The van der Waals surface area contributed by atoms with Crippen LogP contribution in [0.25, 0.3) is 0 Å². The van der Waals surface area contributed by atoms with Crippen molar-refractivity contribution < 1.29 is 18.0 Å². The van der Waals surface area contributed by atoms with Crippen LogP contribution in [0.5, 0.6) is 0 Å². The lowest BCUT2D eigenvalue weighted by molar-refractivity contribution is -0.119. The molecule has 0 saturated carbocycles. The molecule has 1 fully saturated rings. The highest BCUT2D eigenvalue weighted by Gasteiger charge is 2.26. The zero-order valence-electron chi connectivity index (χ0n) is 18.4. The van der Waals surface area contributed by atoms with E-state index in [0.29, 0.717) is 23.8 Å². The molecule has 0 radical (unpaired) electrons. The first-order chi connectivity index (χ1) is 15.2. The second kappa shape index (κ2) is 10.5. The molecule has 1 aliphatic heterocycles. The number of aromatic nitrogens is 1. The highest BCUT2D eigenvalue weighted by Crippen LogP contribution is 2.25. The molecule has 0 aliphatic carbocycles. The molecular weight excluding hydrogens is 448 g/mol. The number of sulfonamides is 1. The lowest BCUT2D eigenvalue weighted by atomic mass is 10.1. The van der Waals surface area contributed by atoms with E-state index < -0.39 is 27.2 Å². The Bertz CT molecular complexity index is 1080. The maximum atomic E-state index is 12.7. The zero-order valence-corrected chi connectivity index (χ0v) is 20.1. The van der Waals surface area contributed by atoms with Crippen molar-refractivity contribution in [3.63, 3.8) is 0 Å². The number of pyridine rings is 1. The number of amides is 3. The number of nitrogens with one attached hydrogen (secondary N) is 2. The third kappa shape index (κ3) is 6.08. The summed E-state index contributed by atoms with van der Waals surface area (Å²) in [6.45, 7) is 6.55. The number of piperidine rings is 1. The lowest BCUT2D eigenvalue weighted by Gasteiger charge is -2.25. The first-order valence-electron chi connectivity index (χ1n) is 10.5. The summed E-state index contributed by atoms with van der Waals surface area (Å²) in [5, 5.41) is 4.90. The average molecular weight is 477 g/mol. The van der Waals surface area contributed by atoms with E-state index in [4.69, 9.17) is 0 Å². The number of thioether (sulfide) groups is 1. The summed E-state index contributed by atoms with van der Waals surface area (Å²) < 4.78 is 26.9. The second-order valence-corrected chi connectivity index (χ2v) is 11.1. The van der Waals surface area contributed by atoms with Gasteiger partial charge in [-0.1, -0.05) is 35.9 Å². The van der Waals surface area contributed by atoms with Gasteiger partial charge in [0.25, 0.3) is 0 Å². The van der Waals surface area contributed by atoms with Crippen molar-refractivity contribution in [2.75, 3.05) is 18.4 Å². The van der Waals surface area contributed by atoms with E-state index in [0.717, 1.165) is 42.2 Å². The van der Waals surface area contributed by atoms with Crippen molar-refractivity contribution in [2.24, 2.45) is 0 Å². The van der Waals surface area contributed by atoms with E-state index in [9.17, 15) is 18.0 Å². The molecule has 3 amide bonds. The number of hydrogen-bond acceptors (Lipinski definition) is 6. The molecule has 1 aromatic carbocycles. The van der Waals surface area contributed by atoms with Gasteiger partial charge in [0, 0.05) is 25.0 Å². The topological polar surface area (TPSA) is 108 Å². The highest BCUT2D eigenvalue weighted by molar-refractivity contribution is 8.00. The van der Waals surface area contributed by atoms with Crippen LogP contribution >= 0.6 is 11.8 Å². The molecular formula is C22H28N4O4S2. The predicted molar refractivity (Wildman–Crippen MR) is 125 cm³/mol. The van der Waals surface area contributed by atoms with Crippen LogP contribution in [-0.4, -0.2) is 48.0 Å². The van der Waals surface area contributed by atoms with Crippen LogP contribution in [0, 0.1) is 13.8 Å². The highest BCUT2D eigenvalue weighted by atomic mass is 32.2. The second-order valence-electron chi connectivity index (χ2n) is 7.82. The summed E-state index contributed by atoms with van der Waals surface area (Å²) in [5.41, 5.74) is 2.61. The van der Waals surface area contributed by atoms with Gasteiger partial charge in [0.05, 0.1) is 10.3 Å². The fourth-order valence-electron chi connectivity index (χ4n) is 3.40. The number of carbonyl (C=O) groups excluding carboxylic acids is 2. The monoisotopic (exact) mass is 476 g/mol. The van der Waals surface area contributed by atoms with Crippen LogP contribution in [-0.2, 0) is 14.8 Å². The van der Waals surface area contributed by atoms with E-state index in [-0.39, 0.29) is 4.90 Å². The molecule has 2 heterocycles. The van der Waals surface area contributed by atoms with Gasteiger partial charge in [0.1, 0.15) is 4.90 Å². The van der Waals surface area contributed by atoms with Gasteiger partial charge < -0.3 is 5.32 Å². The van der Waals surface area contributed by atoms with E-state index in [1.807, 2.05) is 26.0 Å². The molecule has 0 spiro atoms. The number of nitrogens with zero attached hydrogens (tertiary/aromatic N) is 2. The van der Waals surface area contributed by atoms with Gasteiger partial charge in [0.15, 0.2) is 0 Å². The SMILES string of the molecule is Cc1ccc(NC(=O)NC(=O)C(C)Sc2ccc(S(=O)(=O)N3CCCCC3)cn2)c(C)c1. The first-order valence-corrected chi connectivity index (χ1v) is 12.8. The standard InChI is InChI=1S/C22H28N4O4S2/c1-15-7-9-19(16(2)13-15)24-22(28)25-21(27)17(3)31-20-10-8-18(14-23-20)32(29,30)26-11-5-4-6-12-26/h7-10,13-14,17H,4-6,11-12H2,1-3H3,(H2,24,25,27,28). The molecule has 1 unspecified atom stereocenters. The minimum Gasteiger partial charge on any atom is -0.307 e. The van der Waals surface area contributed by atoms with Crippen molar-refractivity contribution >= 4 is 39.4 Å². The number of hydrogen-bond donors (Lipinski definition) is 2. The number of carbonyl (C=O) groups is 2. The summed E-state index contributed by atoms with van der Waals surface area (Å²) in [6.07, 6.45) is 4.10. The van der Waals surface area contributed by atoms with Gasteiger partial charge in [-0.15, -0.1) is 0 Å². The quantitative estimate of drug-likeness (QED) is 0.616. The van der Waals surface area contributed by atoms with Gasteiger partial charge in [-0.05, 0) is 57.4 Å². The smallest absolute Gasteiger partial charge is 0.307 e. The number of urea groups is 1. The van der Waals surface area contributed by atoms with Crippen LogP contribution in [0.1, 0.15) is 37.3 Å². The molecule has 1 saturated heterocycles.